The van der Waals surface area contributed by atoms with Crippen molar-refractivity contribution >= 4 is 5.91 Å². The first-order valence-corrected chi connectivity index (χ1v) is 6.32. The molecule has 1 aliphatic rings. The minimum absolute atomic E-state index is 0.0982. The Kier molecular flexibility index (Phi) is 4.55. The molecule has 2 unspecified atom stereocenters. The van der Waals surface area contributed by atoms with E-state index in [0.29, 0.717) is 0 Å². The Bertz CT molecular complexity index is 261. The van der Waals surface area contributed by atoms with Crippen LogP contribution in [0.1, 0.15) is 34.6 Å². The van der Waals surface area contributed by atoms with Gasteiger partial charge in [0.1, 0.15) is 6.61 Å². The Morgan fingerprint density at radius 1 is 1.24 bits per heavy atom. The summed E-state index contributed by atoms with van der Waals surface area (Å²) in [6, 6.07) is 0.501. The molecule has 0 N–H and O–H groups in total. The van der Waals surface area contributed by atoms with Crippen molar-refractivity contribution in [3.05, 3.63) is 0 Å². The number of carbonyl (C=O) groups is 1. The zero-order valence-corrected chi connectivity index (χ0v) is 12.0. The maximum atomic E-state index is 12.0. The van der Waals surface area contributed by atoms with Crippen molar-refractivity contribution in [3.8, 4) is 0 Å². The minimum atomic E-state index is 0.0982. The van der Waals surface area contributed by atoms with Crippen LogP contribution in [0.25, 0.3) is 0 Å². The van der Waals surface area contributed by atoms with Crippen molar-refractivity contribution in [3.63, 3.8) is 0 Å². The first-order valence-electron chi connectivity index (χ1n) is 6.32. The third-order valence-corrected chi connectivity index (χ3v) is 3.42. The molecule has 0 radical (unpaired) electrons. The van der Waals surface area contributed by atoms with Crippen LogP contribution in [0.4, 0.5) is 0 Å². The number of nitrogens with zero attached hydrogens (tertiary/aromatic N) is 2. The molecule has 0 aromatic rings. The van der Waals surface area contributed by atoms with Crippen LogP contribution in [0.15, 0.2) is 0 Å². The second kappa shape index (κ2) is 5.36. The van der Waals surface area contributed by atoms with Crippen molar-refractivity contribution in [2.75, 3.05) is 26.8 Å². The van der Waals surface area contributed by atoms with Gasteiger partial charge < -0.3 is 9.64 Å². The van der Waals surface area contributed by atoms with Crippen molar-refractivity contribution in [1.29, 1.82) is 0 Å². The summed E-state index contributed by atoms with van der Waals surface area (Å²) >= 11 is 0. The van der Waals surface area contributed by atoms with Crippen LogP contribution in [0.2, 0.25) is 0 Å². The molecule has 1 amide bonds. The molecule has 1 heterocycles. The van der Waals surface area contributed by atoms with E-state index in [1.807, 2.05) is 4.90 Å². The predicted molar refractivity (Wildman–Crippen MR) is 69.0 cm³/mol. The zero-order valence-electron chi connectivity index (χ0n) is 12.0. The van der Waals surface area contributed by atoms with E-state index < -0.39 is 0 Å². The van der Waals surface area contributed by atoms with Gasteiger partial charge in [-0.3, -0.25) is 9.69 Å². The first kappa shape index (κ1) is 14.5. The van der Waals surface area contributed by atoms with E-state index >= 15 is 0 Å². The lowest BCUT2D eigenvalue weighted by Gasteiger charge is -2.49. The van der Waals surface area contributed by atoms with Crippen LogP contribution in [0, 0.1) is 0 Å². The van der Waals surface area contributed by atoms with E-state index in [4.69, 9.17) is 4.74 Å². The smallest absolute Gasteiger partial charge is 0.249 e. The Balaban J connectivity index is 2.72. The van der Waals surface area contributed by atoms with E-state index in [1.165, 1.54) is 0 Å². The van der Waals surface area contributed by atoms with Crippen LogP contribution < -0.4 is 0 Å². The monoisotopic (exact) mass is 242 g/mol. The molecule has 0 saturated carbocycles. The summed E-state index contributed by atoms with van der Waals surface area (Å²) in [6.07, 6.45) is 0. The lowest BCUT2D eigenvalue weighted by atomic mass is 9.99. The summed E-state index contributed by atoms with van der Waals surface area (Å²) in [4.78, 5) is 16.4. The second-order valence-corrected chi connectivity index (χ2v) is 6.01. The van der Waals surface area contributed by atoms with Crippen LogP contribution in [-0.2, 0) is 9.53 Å². The molecule has 0 aromatic carbocycles. The van der Waals surface area contributed by atoms with Crippen LogP contribution in [0.5, 0.6) is 0 Å². The highest BCUT2D eigenvalue weighted by molar-refractivity contribution is 5.78. The van der Waals surface area contributed by atoms with Crippen molar-refractivity contribution in [2.24, 2.45) is 0 Å². The summed E-state index contributed by atoms with van der Waals surface area (Å²) in [5.41, 5.74) is 0.166. The van der Waals surface area contributed by atoms with E-state index in [9.17, 15) is 4.79 Å². The van der Waals surface area contributed by atoms with Gasteiger partial charge in [0, 0.05) is 37.8 Å². The second-order valence-electron chi connectivity index (χ2n) is 6.01. The zero-order chi connectivity index (χ0) is 13.2. The van der Waals surface area contributed by atoms with Gasteiger partial charge in [-0.2, -0.15) is 0 Å². The Hall–Kier alpha value is -0.610. The summed E-state index contributed by atoms with van der Waals surface area (Å²) in [7, 11) is 1.57. The summed E-state index contributed by atoms with van der Waals surface area (Å²) in [5, 5.41) is 0. The largest absolute Gasteiger partial charge is 0.375 e. The van der Waals surface area contributed by atoms with Crippen molar-refractivity contribution in [2.45, 2.75) is 52.2 Å². The topological polar surface area (TPSA) is 32.8 Å². The van der Waals surface area contributed by atoms with Gasteiger partial charge in [0.05, 0.1) is 0 Å². The SMILES string of the molecule is COCC(=O)N1C(C)CN(C(C)(C)C)CC1C. The van der Waals surface area contributed by atoms with Crippen LogP contribution in [-0.4, -0.2) is 60.1 Å². The molecule has 0 spiro atoms. The molecule has 0 bridgehead atoms. The normalized spacial score (nSPS) is 27.3. The number of carbonyl (C=O) groups excluding carboxylic acids is 1. The van der Waals surface area contributed by atoms with Gasteiger partial charge in [0.15, 0.2) is 0 Å². The fraction of sp³-hybridized carbons (Fsp3) is 0.923. The van der Waals surface area contributed by atoms with Gasteiger partial charge in [-0.15, -0.1) is 0 Å². The van der Waals surface area contributed by atoms with Gasteiger partial charge in [0.25, 0.3) is 0 Å². The lowest BCUT2D eigenvalue weighted by molar-refractivity contribution is -0.144. The fourth-order valence-corrected chi connectivity index (χ4v) is 2.56. The Labute approximate surface area is 105 Å². The van der Waals surface area contributed by atoms with Crippen molar-refractivity contribution in [1.82, 2.24) is 9.80 Å². The van der Waals surface area contributed by atoms with E-state index in [1.54, 1.807) is 7.11 Å². The average molecular weight is 242 g/mol. The predicted octanol–water partition coefficient (Wildman–Crippen LogP) is 1.35. The third kappa shape index (κ3) is 3.42. The average Bonchev–Trinajstić information content (AvgIpc) is 2.15. The molecule has 1 rings (SSSR count). The fourth-order valence-electron chi connectivity index (χ4n) is 2.56. The molecule has 1 aliphatic heterocycles. The standard InChI is InChI=1S/C13H26N2O2/c1-10-7-14(13(3,4)5)8-11(2)15(10)12(16)9-17-6/h10-11H,7-9H2,1-6H3. The molecular weight excluding hydrogens is 216 g/mol. The Morgan fingerprint density at radius 3 is 2.06 bits per heavy atom. The number of hydrogen-bond acceptors (Lipinski definition) is 3. The van der Waals surface area contributed by atoms with Gasteiger partial charge >= 0.3 is 0 Å². The minimum Gasteiger partial charge on any atom is -0.375 e. The van der Waals surface area contributed by atoms with E-state index in [-0.39, 0.29) is 30.1 Å². The number of rotatable bonds is 2. The molecule has 1 saturated heterocycles. The van der Waals surface area contributed by atoms with E-state index in [2.05, 4.69) is 39.5 Å². The summed E-state index contributed by atoms with van der Waals surface area (Å²) < 4.78 is 4.94. The molecule has 4 nitrogen and oxygen atoms in total. The first-order chi connectivity index (χ1) is 7.77. The van der Waals surface area contributed by atoms with Gasteiger partial charge in [-0.25, -0.2) is 0 Å². The highest BCUT2D eigenvalue weighted by atomic mass is 16.5. The van der Waals surface area contributed by atoms with E-state index in [0.717, 1.165) is 13.1 Å². The lowest BCUT2D eigenvalue weighted by Crippen LogP contribution is -2.62. The molecule has 100 valence electrons. The molecule has 4 heteroatoms. The number of methoxy groups -OCH3 is 1. The molecule has 0 aromatic heterocycles. The third-order valence-electron chi connectivity index (χ3n) is 3.42. The van der Waals surface area contributed by atoms with Crippen molar-refractivity contribution < 1.29 is 9.53 Å². The molecule has 17 heavy (non-hydrogen) atoms. The number of hydrogen-bond donors (Lipinski definition) is 0. The maximum Gasteiger partial charge on any atom is 0.249 e. The Morgan fingerprint density at radius 2 is 1.71 bits per heavy atom. The highest BCUT2D eigenvalue weighted by Crippen LogP contribution is 2.22. The number of amides is 1. The molecule has 2 atom stereocenters. The van der Waals surface area contributed by atoms with Gasteiger partial charge in [0.2, 0.25) is 5.91 Å². The quantitative estimate of drug-likeness (QED) is 0.733. The van der Waals surface area contributed by atoms with Crippen LogP contribution >= 0.6 is 0 Å². The summed E-state index contributed by atoms with van der Waals surface area (Å²) in [5.74, 6) is 0.0982. The molecular formula is C13H26N2O2. The number of piperazine rings is 1. The maximum absolute atomic E-state index is 12.0. The van der Waals surface area contributed by atoms with Gasteiger partial charge in [-0.05, 0) is 34.6 Å². The molecule has 1 fully saturated rings. The van der Waals surface area contributed by atoms with Gasteiger partial charge in [-0.1, -0.05) is 0 Å². The summed E-state index contributed by atoms with van der Waals surface area (Å²) in [6.45, 7) is 12.9. The molecule has 0 aliphatic carbocycles. The highest BCUT2D eigenvalue weighted by Gasteiger charge is 2.36. The van der Waals surface area contributed by atoms with Crippen LogP contribution in [0.3, 0.4) is 0 Å². The number of ether oxygens (including phenoxy) is 1.